The van der Waals surface area contributed by atoms with Crippen molar-refractivity contribution < 1.29 is 28.7 Å². The van der Waals surface area contributed by atoms with Crippen molar-refractivity contribution in [2.75, 3.05) is 26.7 Å². The summed E-state index contributed by atoms with van der Waals surface area (Å²) in [6, 6.07) is -0.564. The van der Waals surface area contributed by atoms with Gasteiger partial charge in [0, 0.05) is 19.5 Å². The van der Waals surface area contributed by atoms with Gasteiger partial charge >= 0.3 is 12.1 Å². The van der Waals surface area contributed by atoms with Gasteiger partial charge in [-0.1, -0.05) is 0 Å². The Morgan fingerprint density at radius 2 is 1.85 bits per heavy atom. The van der Waals surface area contributed by atoms with E-state index in [1.807, 2.05) is 0 Å². The largest absolute Gasteiger partial charge is 0.468 e. The van der Waals surface area contributed by atoms with Crippen LogP contribution in [0.5, 0.6) is 0 Å². The Balaban J connectivity index is 2.35. The molecule has 1 atom stereocenters. The van der Waals surface area contributed by atoms with E-state index in [4.69, 9.17) is 4.74 Å². The molecule has 148 valence electrons. The normalized spacial score (nSPS) is 16.8. The van der Waals surface area contributed by atoms with Crippen molar-refractivity contribution in [1.29, 1.82) is 0 Å². The van der Waals surface area contributed by atoms with E-state index in [-0.39, 0.29) is 24.8 Å². The van der Waals surface area contributed by atoms with Gasteiger partial charge in [-0.3, -0.25) is 14.4 Å². The van der Waals surface area contributed by atoms with Gasteiger partial charge in [0.2, 0.25) is 11.8 Å². The van der Waals surface area contributed by atoms with Crippen LogP contribution >= 0.6 is 0 Å². The zero-order valence-electron chi connectivity index (χ0n) is 15.9. The average molecular weight is 371 g/mol. The highest BCUT2D eigenvalue weighted by molar-refractivity contribution is 5.90. The number of ether oxygens (including phenoxy) is 2. The minimum Gasteiger partial charge on any atom is -0.468 e. The van der Waals surface area contributed by atoms with Crippen molar-refractivity contribution in [1.82, 2.24) is 15.5 Å². The molecule has 0 unspecified atom stereocenters. The molecule has 0 bridgehead atoms. The van der Waals surface area contributed by atoms with Crippen molar-refractivity contribution in [2.45, 2.75) is 58.1 Å². The molecule has 1 rings (SSSR count). The smallest absolute Gasteiger partial charge is 0.407 e. The zero-order valence-corrected chi connectivity index (χ0v) is 15.9. The lowest BCUT2D eigenvalue weighted by Gasteiger charge is -2.24. The third kappa shape index (κ3) is 7.71. The number of likely N-dealkylation sites (tertiary alicyclic amines) is 1. The maximum absolute atomic E-state index is 12.3. The second kappa shape index (κ2) is 9.98. The summed E-state index contributed by atoms with van der Waals surface area (Å²) in [4.78, 5) is 48.6. The van der Waals surface area contributed by atoms with Gasteiger partial charge in [0.05, 0.1) is 7.11 Å². The standard InChI is InChI=1S/C17H29N3O6/c1-17(2,3)26-16(24)18-9-5-8-13(21)20-10-6-7-12(20)15(23)19-11-14(22)25-4/h12H,5-11H2,1-4H3,(H,18,24)(H,19,23)/t12-/m0/s1. The lowest BCUT2D eigenvalue weighted by Crippen LogP contribution is -2.47. The van der Waals surface area contributed by atoms with Crippen molar-refractivity contribution in [3.8, 4) is 0 Å². The molecule has 0 spiro atoms. The first-order valence-corrected chi connectivity index (χ1v) is 8.75. The van der Waals surface area contributed by atoms with Gasteiger partial charge in [0.15, 0.2) is 0 Å². The summed E-state index contributed by atoms with van der Waals surface area (Å²) in [6.45, 7) is 5.93. The number of carbonyl (C=O) groups is 4. The molecule has 9 nitrogen and oxygen atoms in total. The van der Waals surface area contributed by atoms with Gasteiger partial charge in [0.25, 0.3) is 0 Å². The third-order valence-corrected chi connectivity index (χ3v) is 3.75. The van der Waals surface area contributed by atoms with E-state index in [1.165, 1.54) is 12.0 Å². The maximum Gasteiger partial charge on any atom is 0.407 e. The molecule has 26 heavy (non-hydrogen) atoms. The number of hydrogen-bond donors (Lipinski definition) is 2. The fraction of sp³-hybridized carbons (Fsp3) is 0.765. The SMILES string of the molecule is COC(=O)CNC(=O)[C@@H]1CCCN1C(=O)CCCNC(=O)OC(C)(C)C. The molecule has 3 amide bonds. The molecule has 1 saturated heterocycles. The summed E-state index contributed by atoms with van der Waals surface area (Å²) < 4.78 is 9.59. The summed E-state index contributed by atoms with van der Waals surface area (Å²) in [5.41, 5.74) is -0.569. The summed E-state index contributed by atoms with van der Waals surface area (Å²) in [7, 11) is 1.24. The van der Waals surface area contributed by atoms with E-state index in [9.17, 15) is 19.2 Å². The van der Waals surface area contributed by atoms with Crippen LogP contribution in [0.2, 0.25) is 0 Å². The third-order valence-electron chi connectivity index (χ3n) is 3.75. The predicted molar refractivity (Wildman–Crippen MR) is 93.2 cm³/mol. The molecular formula is C17H29N3O6. The molecule has 1 fully saturated rings. The number of esters is 1. The van der Waals surface area contributed by atoms with Gasteiger partial charge in [-0.15, -0.1) is 0 Å². The summed E-state index contributed by atoms with van der Waals surface area (Å²) in [5, 5.41) is 5.08. The molecule has 0 aliphatic carbocycles. The minimum absolute atomic E-state index is 0.147. The van der Waals surface area contributed by atoms with Crippen LogP contribution in [0, 0.1) is 0 Å². The second-order valence-electron chi connectivity index (χ2n) is 7.07. The summed E-state index contributed by atoms with van der Waals surface area (Å²) >= 11 is 0. The van der Waals surface area contributed by atoms with Crippen LogP contribution in [0.25, 0.3) is 0 Å². The van der Waals surface area contributed by atoms with Crippen molar-refractivity contribution in [3.05, 3.63) is 0 Å². The van der Waals surface area contributed by atoms with Crippen molar-refractivity contribution >= 4 is 23.9 Å². The van der Waals surface area contributed by atoms with Gasteiger partial charge in [-0.25, -0.2) is 4.79 Å². The highest BCUT2D eigenvalue weighted by atomic mass is 16.6. The fourth-order valence-electron chi connectivity index (χ4n) is 2.57. The Morgan fingerprint density at radius 1 is 1.15 bits per heavy atom. The first-order chi connectivity index (χ1) is 12.1. The quantitative estimate of drug-likeness (QED) is 0.500. The van der Waals surface area contributed by atoms with Gasteiger partial charge in [0.1, 0.15) is 18.2 Å². The first-order valence-electron chi connectivity index (χ1n) is 8.75. The van der Waals surface area contributed by atoms with Crippen LogP contribution in [0.15, 0.2) is 0 Å². The lowest BCUT2D eigenvalue weighted by molar-refractivity contribution is -0.142. The predicted octanol–water partition coefficient (Wildman–Crippen LogP) is 0.572. The van der Waals surface area contributed by atoms with Crippen LogP contribution in [-0.4, -0.2) is 67.2 Å². The number of carbonyl (C=O) groups excluding carboxylic acids is 4. The van der Waals surface area contributed by atoms with Crippen LogP contribution in [0.3, 0.4) is 0 Å². The second-order valence-corrected chi connectivity index (χ2v) is 7.07. The van der Waals surface area contributed by atoms with Gasteiger partial charge in [-0.2, -0.15) is 0 Å². The Bertz CT molecular complexity index is 529. The number of rotatable bonds is 7. The molecule has 1 heterocycles. The number of nitrogens with one attached hydrogen (secondary N) is 2. The molecule has 1 aliphatic rings. The Labute approximate surface area is 153 Å². The summed E-state index contributed by atoms with van der Waals surface area (Å²) in [5.74, 6) is -1.04. The van der Waals surface area contributed by atoms with Gasteiger partial charge < -0.3 is 25.0 Å². The Hall–Kier alpha value is -2.32. The monoisotopic (exact) mass is 371 g/mol. The van der Waals surface area contributed by atoms with E-state index in [0.717, 1.165) is 6.42 Å². The molecule has 0 aromatic carbocycles. The molecule has 0 saturated carbocycles. The number of hydrogen-bond acceptors (Lipinski definition) is 6. The first kappa shape index (κ1) is 21.7. The number of nitrogens with zero attached hydrogens (tertiary/aromatic N) is 1. The molecule has 0 aromatic heterocycles. The highest BCUT2D eigenvalue weighted by Crippen LogP contribution is 2.19. The Morgan fingerprint density at radius 3 is 2.46 bits per heavy atom. The fourth-order valence-corrected chi connectivity index (χ4v) is 2.57. The zero-order chi connectivity index (χ0) is 19.7. The lowest BCUT2D eigenvalue weighted by atomic mass is 10.2. The van der Waals surface area contributed by atoms with Crippen LogP contribution in [-0.2, 0) is 23.9 Å². The average Bonchev–Trinajstić information content (AvgIpc) is 3.04. The Kier molecular flexibility index (Phi) is 8.34. The van der Waals surface area contributed by atoms with Crippen LogP contribution in [0.1, 0.15) is 46.5 Å². The number of alkyl carbamates (subject to hydrolysis) is 1. The highest BCUT2D eigenvalue weighted by Gasteiger charge is 2.33. The minimum atomic E-state index is -0.569. The van der Waals surface area contributed by atoms with E-state index < -0.39 is 23.7 Å². The van der Waals surface area contributed by atoms with Gasteiger partial charge in [-0.05, 0) is 40.0 Å². The maximum atomic E-state index is 12.3. The van der Waals surface area contributed by atoms with Crippen molar-refractivity contribution in [2.24, 2.45) is 0 Å². The van der Waals surface area contributed by atoms with E-state index in [2.05, 4.69) is 15.4 Å². The van der Waals surface area contributed by atoms with Crippen LogP contribution < -0.4 is 10.6 Å². The topological polar surface area (TPSA) is 114 Å². The molecular weight excluding hydrogens is 342 g/mol. The van der Waals surface area contributed by atoms with E-state index in [0.29, 0.717) is 25.9 Å². The summed E-state index contributed by atoms with van der Waals surface area (Å²) in [6.07, 6.45) is 1.44. The van der Waals surface area contributed by atoms with Crippen molar-refractivity contribution in [3.63, 3.8) is 0 Å². The molecule has 2 N–H and O–H groups in total. The molecule has 1 aliphatic heterocycles. The number of methoxy groups -OCH3 is 1. The molecule has 0 radical (unpaired) electrons. The van der Waals surface area contributed by atoms with E-state index >= 15 is 0 Å². The molecule has 0 aromatic rings. The number of amides is 3. The molecule has 9 heteroatoms. The van der Waals surface area contributed by atoms with E-state index in [1.54, 1.807) is 20.8 Å². The van der Waals surface area contributed by atoms with Crippen LogP contribution in [0.4, 0.5) is 4.79 Å².